The Kier molecular flexibility index (Phi) is 10.7. The maximum absolute atomic E-state index is 11.8. The molecule has 1 saturated heterocycles. The Morgan fingerprint density at radius 1 is 1.29 bits per heavy atom. The standard InChI is InChI=1S/C15H32N4O3S.HI/c1-6-16-14(18-12-15(3,4)23(5,20)21)17-11-13(2)19-7-9-22-10-8-19;/h13H,6-12H2,1-5H3,(H2,16,17,18);1H. The minimum absolute atomic E-state index is 0. The van der Waals surface area contributed by atoms with Gasteiger partial charge in [0.1, 0.15) is 0 Å². The van der Waals surface area contributed by atoms with E-state index in [-0.39, 0.29) is 30.5 Å². The van der Waals surface area contributed by atoms with Crippen LogP contribution in [0.15, 0.2) is 4.99 Å². The molecule has 9 heteroatoms. The molecule has 1 aliphatic rings. The Morgan fingerprint density at radius 2 is 1.88 bits per heavy atom. The second-order valence-electron chi connectivity index (χ2n) is 6.61. The molecule has 1 rings (SSSR count). The van der Waals surface area contributed by atoms with Crippen LogP contribution in [0.4, 0.5) is 0 Å². The van der Waals surface area contributed by atoms with Crippen LogP contribution < -0.4 is 10.6 Å². The zero-order valence-electron chi connectivity index (χ0n) is 15.5. The van der Waals surface area contributed by atoms with Crippen molar-refractivity contribution in [2.45, 2.75) is 38.5 Å². The third-order valence-corrected chi connectivity index (χ3v) is 6.34. The van der Waals surface area contributed by atoms with E-state index in [1.165, 1.54) is 6.26 Å². The van der Waals surface area contributed by atoms with E-state index in [2.05, 4.69) is 27.4 Å². The zero-order valence-corrected chi connectivity index (χ0v) is 18.6. The molecule has 144 valence electrons. The van der Waals surface area contributed by atoms with Crippen LogP contribution in [0.5, 0.6) is 0 Å². The first-order valence-corrected chi connectivity index (χ1v) is 10.1. The van der Waals surface area contributed by atoms with Gasteiger partial charge in [-0.05, 0) is 27.7 Å². The number of sulfone groups is 1. The molecule has 0 bridgehead atoms. The lowest BCUT2D eigenvalue weighted by Gasteiger charge is -2.32. The van der Waals surface area contributed by atoms with Crippen molar-refractivity contribution in [3.63, 3.8) is 0 Å². The molecule has 1 heterocycles. The number of halogens is 1. The zero-order chi connectivity index (χ0) is 17.5. The Labute approximate surface area is 163 Å². The number of nitrogens with zero attached hydrogens (tertiary/aromatic N) is 2. The minimum Gasteiger partial charge on any atom is -0.379 e. The molecule has 0 radical (unpaired) electrons. The highest BCUT2D eigenvalue weighted by molar-refractivity contribution is 14.0. The molecule has 7 nitrogen and oxygen atoms in total. The first kappa shape index (κ1) is 23.9. The maximum atomic E-state index is 11.8. The molecule has 1 unspecified atom stereocenters. The topological polar surface area (TPSA) is 83.0 Å². The van der Waals surface area contributed by atoms with Gasteiger partial charge in [-0.15, -0.1) is 24.0 Å². The number of aliphatic imine (C=N–C) groups is 1. The van der Waals surface area contributed by atoms with Gasteiger partial charge in [-0.25, -0.2) is 8.42 Å². The Hall–Kier alpha value is -0.130. The van der Waals surface area contributed by atoms with Crippen molar-refractivity contribution in [1.82, 2.24) is 15.5 Å². The third kappa shape index (κ3) is 7.83. The fourth-order valence-electron chi connectivity index (χ4n) is 2.12. The summed E-state index contributed by atoms with van der Waals surface area (Å²) in [7, 11) is -3.15. The molecule has 24 heavy (non-hydrogen) atoms. The number of ether oxygens (including phenoxy) is 1. The van der Waals surface area contributed by atoms with Crippen molar-refractivity contribution in [2.75, 3.05) is 52.2 Å². The van der Waals surface area contributed by atoms with Crippen molar-refractivity contribution in [3.8, 4) is 0 Å². The summed E-state index contributed by atoms with van der Waals surface area (Å²) >= 11 is 0. The average molecular weight is 476 g/mol. The molecule has 0 aromatic heterocycles. The van der Waals surface area contributed by atoms with Gasteiger partial charge < -0.3 is 15.4 Å². The number of morpholine rings is 1. The number of rotatable bonds is 7. The fourth-order valence-corrected chi connectivity index (χ4v) is 2.42. The summed E-state index contributed by atoms with van der Waals surface area (Å²) in [4.78, 5) is 6.82. The van der Waals surface area contributed by atoms with E-state index in [9.17, 15) is 8.42 Å². The highest BCUT2D eigenvalue weighted by atomic mass is 127. The maximum Gasteiger partial charge on any atom is 0.191 e. The van der Waals surface area contributed by atoms with Crippen LogP contribution in [-0.4, -0.2) is 82.3 Å². The quantitative estimate of drug-likeness (QED) is 0.320. The van der Waals surface area contributed by atoms with Gasteiger partial charge in [0.25, 0.3) is 0 Å². The van der Waals surface area contributed by atoms with Crippen LogP contribution in [-0.2, 0) is 14.6 Å². The predicted octanol–water partition coefficient (Wildman–Crippen LogP) is 0.703. The molecule has 1 fully saturated rings. The van der Waals surface area contributed by atoms with Crippen LogP contribution in [0.1, 0.15) is 27.7 Å². The second-order valence-corrected chi connectivity index (χ2v) is 9.25. The summed E-state index contributed by atoms with van der Waals surface area (Å²) < 4.78 is 28.0. The lowest BCUT2D eigenvalue weighted by Crippen LogP contribution is -2.49. The highest BCUT2D eigenvalue weighted by Crippen LogP contribution is 2.15. The number of hydrogen-bond acceptors (Lipinski definition) is 5. The van der Waals surface area contributed by atoms with Gasteiger partial charge in [-0.3, -0.25) is 9.89 Å². The van der Waals surface area contributed by atoms with Crippen molar-refractivity contribution in [2.24, 2.45) is 4.99 Å². The van der Waals surface area contributed by atoms with Gasteiger partial charge in [0.2, 0.25) is 0 Å². The van der Waals surface area contributed by atoms with Crippen LogP contribution >= 0.6 is 24.0 Å². The molecule has 0 amide bonds. The SMILES string of the molecule is CCNC(=NCC(C)(C)S(C)(=O)=O)NCC(C)N1CCOCC1.I. The molecule has 1 aliphatic heterocycles. The summed E-state index contributed by atoms with van der Waals surface area (Å²) in [6, 6.07) is 0.366. The van der Waals surface area contributed by atoms with E-state index in [1.54, 1.807) is 13.8 Å². The molecule has 0 aliphatic carbocycles. The van der Waals surface area contributed by atoms with Gasteiger partial charge in [0, 0.05) is 38.5 Å². The molecule has 0 saturated carbocycles. The van der Waals surface area contributed by atoms with Gasteiger partial charge in [-0.1, -0.05) is 0 Å². The van der Waals surface area contributed by atoms with E-state index >= 15 is 0 Å². The van der Waals surface area contributed by atoms with E-state index in [4.69, 9.17) is 4.74 Å². The average Bonchev–Trinajstić information content (AvgIpc) is 2.49. The number of nitrogens with one attached hydrogen (secondary N) is 2. The van der Waals surface area contributed by atoms with Gasteiger partial charge in [-0.2, -0.15) is 0 Å². The Morgan fingerprint density at radius 3 is 2.38 bits per heavy atom. The smallest absolute Gasteiger partial charge is 0.191 e. The molecular weight excluding hydrogens is 443 g/mol. The molecule has 2 N–H and O–H groups in total. The normalized spacial score (nSPS) is 18.6. The summed E-state index contributed by atoms with van der Waals surface area (Å²) in [6.07, 6.45) is 1.25. The van der Waals surface area contributed by atoms with Crippen LogP contribution in [0.3, 0.4) is 0 Å². The minimum atomic E-state index is -3.15. The largest absolute Gasteiger partial charge is 0.379 e. The first-order valence-electron chi connectivity index (χ1n) is 8.21. The van der Waals surface area contributed by atoms with Gasteiger partial charge in [0.05, 0.1) is 24.5 Å². The van der Waals surface area contributed by atoms with Crippen molar-refractivity contribution in [1.29, 1.82) is 0 Å². The number of hydrogen-bond donors (Lipinski definition) is 2. The van der Waals surface area contributed by atoms with E-state index in [0.29, 0.717) is 12.0 Å². The molecule has 1 atom stereocenters. The van der Waals surface area contributed by atoms with Crippen molar-refractivity contribution < 1.29 is 13.2 Å². The van der Waals surface area contributed by atoms with Crippen LogP contribution in [0.2, 0.25) is 0 Å². The molecule has 0 aromatic rings. The van der Waals surface area contributed by atoms with E-state index in [1.807, 2.05) is 6.92 Å². The summed E-state index contributed by atoms with van der Waals surface area (Å²) in [5.74, 6) is 0.657. The second kappa shape index (κ2) is 10.8. The number of guanidine groups is 1. The summed E-state index contributed by atoms with van der Waals surface area (Å²) in [6.45, 7) is 12.7. The van der Waals surface area contributed by atoms with Gasteiger partial charge in [0.15, 0.2) is 15.8 Å². The van der Waals surface area contributed by atoms with Gasteiger partial charge >= 0.3 is 0 Å². The molecule has 0 spiro atoms. The van der Waals surface area contributed by atoms with Crippen LogP contribution in [0, 0.1) is 0 Å². The predicted molar refractivity (Wildman–Crippen MR) is 110 cm³/mol. The molecule has 0 aromatic carbocycles. The van der Waals surface area contributed by atoms with Crippen LogP contribution in [0.25, 0.3) is 0 Å². The lowest BCUT2D eigenvalue weighted by atomic mass is 10.2. The molecular formula is C15H33IN4O3S. The summed E-state index contributed by atoms with van der Waals surface area (Å²) in [5.41, 5.74) is 0. The fraction of sp³-hybridized carbons (Fsp3) is 0.933. The third-order valence-electron chi connectivity index (χ3n) is 4.20. The van der Waals surface area contributed by atoms with Crippen molar-refractivity contribution >= 4 is 39.8 Å². The Balaban J connectivity index is 0.00000529. The monoisotopic (exact) mass is 476 g/mol. The van der Waals surface area contributed by atoms with Crippen molar-refractivity contribution in [3.05, 3.63) is 0 Å². The first-order chi connectivity index (χ1) is 10.7. The highest BCUT2D eigenvalue weighted by Gasteiger charge is 2.30. The lowest BCUT2D eigenvalue weighted by molar-refractivity contribution is 0.0211. The Bertz CT molecular complexity index is 491. The van der Waals surface area contributed by atoms with E-state index in [0.717, 1.165) is 39.4 Å². The van der Waals surface area contributed by atoms with E-state index < -0.39 is 14.6 Å². The summed E-state index contributed by atoms with van der Waals surface area (Å²) in [5, 5.41) is 6.47.